The number of aromatic nitrogens is 1. The van der Waals surface area contributed by atoms with Gasteiger partial charge in [0, 0.05) is 0 Å². The summed E-state index contributed by atoms with van der Waals surface area (Å²) in [5.74, 6) is 0.686. The van der Waals surface area contributed by atoms with Gasteiger partial charge in [-0.1, -0.05) is 64.0 Å². The van der Waals surface area contributed by atoms with Gasteiger partial charge in [-0.05, 0) is 22.5 Å². The fourth-order valence-corrected chi connectivity index (χ4v) is 2.14. The van der Waals surface area contributed by atoms with E-state index < -0.39 is 0 Å². The fourth-order valence-electron chi connectivity index (χ4n) is 2.14. The molecule has 0 aliphatic rings. The highest BCUT2D eigenvalue weighted by molar-refractivity contribution is 5.75. The maximum atomic E-state index is 5.91. The minimum Gasteiger partial charge on any atom is -0.367 e. The van der Waals surface area contributed by atoms with Crippen molar-refractivity contribution in [2.75, 3.05) is 5.73 Å². The van der Waals surface area contributed by atoms with Crippen LogP contribution in [0.15, 0.2) is 28.8 Å². The van der Waals surface area contributed by atoms with Crippen molar-refractivity contribution in [2.24, 2.45) is 0 Å². The van der Waals surface area contributed by atoms with E-state index in [0.29, 0.717) is 11.8 Å². The SMILES string of the molecule is CC(C)c1noc(N)c1-c1ccc(C(C)(C)C)cc1. The quantitative estimate of drug-likeness (QED) is 0.871. The van der Waals surface area contributed by atoms with Gasteiger partial charge in [0.25, 0.3) is 0 Å². The number of hydrogen-bond donors (Lipinski definition) is 1. The number of benzene rings is 1. The van der Waals surface area contributed by atoms with Crippen molar-refractivity contribution >= 4 is 5.88 Å². The molecule has 0 fully saturated rings. The van der Waals surface area contributed by atoms with Gasteiger partial charge in [0.05, 0.1) is 11.3 Å². The van der Waals surface area contributed by atoms with Gasteiger partial charge in [-0.2, -0.15) is 0 Å². The van der Waals surface area contributed by atoms with E-state index in [1.165, 1.54) is 5.56 Å². The predicted molar refractivity (Wildman–Crippen MR) is 79.1 cm³/mol. The van der Waals surface area contributed by atoms with Crippen LogP contribution < -0.4 is 5.73 Å². The second-order valence-corrected chi connectivity index (χ2v) is 6.29. The van der Waals surface area contributed by atoms with E-state index in [0.717, 1.165) is 16.8 Å². The van der Waals surface area contributed by atoms with Crippen molar-refractivity contribution in [3.05, 3.63) is 35.5 Å². The summed E-state index contributed by atoms with van der Waals surface area (Å²) >= 11 is 0. The Kier molecular flexibility index (Phi) is 3.40. The Morgan fingerprint density at radius 3 is 2.16 bits per heavy atom. The molecule has 0 aliphatic carbocycles. The summed E-state index contributed by atoms with van der Waals surface area (Å²) in [7, 11) is 0. The third-order valence-corrected chi connectivity index (χ3v) is 3.33. The highest BCUT2D eigenvalue weighted by Gasteiger charge is 2.19. The van der Waals surface area contributed by atoms with Crippen molar-refractivity contribution in [3.63, 3.8) is 0 Å². The summed E-state index contributed by atoms with van der Waals surface area (Å²) < 4.78 is 5.14. The number of nitrogens with zero attached hydrogens (tertiary/aromatic N) is 1. The molecule has 1 aromatic carbocycles. The molecule has 0 spiro atoms. The molecule has 0 saturated carbocycles. The molecule has 0 saturated heterocycles. The molecule has 1 heterocycles. The first-order valence-corrected chi connectivity index (χ1v) is 6.66. The normalized spacial score (nSPS) is 12.1. The van der Waals surface area contributed by atoms with Crippen LogP contribution in [0.3, 0.4) is 0 Å². The van der Waals surface area contributed by atoms with Gasteiger partial charge in [-0.15, -0.1) is 0 Å². The van der Waals surface area contributed by atoms with Gasteiger partial charge in [-0.3, -0.25) is 0 Å². The monoisotopic (exact) mass is 258 g/mol. The van der Waals surface area contributed by atoms with Gasteiger partial charge in [0.1, 0.15) is 0 Å². The summed E-state index contributed by atoms with van der Waals surface area (Å²) in [5, 5.41) is 4.06. The molecule has 2 aromatic rings. The smallest absolute Gasteiger partial charge is 0.230 e. The summed E-state index contributed by atoms with van der Waals surface area (Å²) in [5.41, 5.74) is 10.3. The van der Waals surface area contributed by atoms with Crippen LogP contribution in [0.1, 0.15) is 51.8 Å². The van der Waals surface area contributed by atoms with Crippen molar-refractivity contribution in [1.82, 2.24) is 5.16 Å². The van der Waals surface area contributed by atoms with Crippen molar-refractivity contribution in [3.8, 4) is 11.1 Å². The van der Waals surface area contributed by atoms with Crippen molar-refractivity contribution in [2.45, 2.75) is 46.0 Å². The van der Waals surface area contributed by atoms with Crippen molar-refractivity contribution in [1.29, 1.82) is 0 Å². The standard InChI is InChI=1S/C16H22N2O/c1-10(2)14-13(15(17)19-18-14)11-6-8-12(9-7-11)16(3,4)5/h6-10H,17H2,1-5H3. The van der Waals surface area contributed by atoms with Gasteiger partial charge < -0.3 is 10.3 Å². The second-order valence-electron chi connectivity index (χ2n) is 6.29. The lowest BCUT2D eigenvalue weighted by Crippen LogP contribution is -2.10. The Morgan fingerprint density at radius 2 is 1.68 bits per heavy atom. The van der Waals surface area contributed by atoms with Crippen LogP contribution in [0, 0.1) is 0 Å². The van der Waals surface area contributed by atoms with Gasteiger partial charge in [0.2, 0.25) is 5.88 Å². The average Bonchev–Trinajstić information content (AvgIpc) is 2.70. The zero-order chi connectivity index (χ0) is 14.2. The summed E-state index contributed by atoms with van der Waals surface area (Å²) in [6.07, 6.45) is 0. The summed E-state index contributed by atoms with van der Waals surface area (Å²) in [4.78, 5) is 0. The first-order chi connectivity index (χ1) is 8.80. The van der Waals surface area contributed by atoms with Crippen LogP contribution in [0.4, 0.5) is 5.88 Å². The third-order valence-electron chi connectivity index (χ3n) is 3.33. The molecule has 3 nitrogen and oxygen atoms in total. The molecule has 0 bridgehead atoms. The maximum absolute atomic E-state index is 5.91. The zero-order valence-electron chi connectivity index (χ0n) is 12.3. The second kappa shape index (κ2) is 4.72. The molecule has 3 heteroatoms. The molecule has 0 amide bonds. The van der Waals surface area contributed by atoms with E-state index in [4.69, 9.17) is 10.3 Å². The van der Waals surface area contributed by atoms with Gasteiger partial charge in [0.15, 0.2) is 0 Å². The predicted octanol–water partition coefficient (Wildman–Crippen LogP) is 4.34. The lowest BCUT2D eigenvalue weighted by molar-refractivity contribution is 0.424. The average molecular weight is 258 g/mol. The minimum absolute atomic E-state index is 0.152. The number of anilines is 1. The third kappa shape index (κ3) is 2.65. The van der Waals surface area contributed by atoms with Gasteiger partial charge >= 0.3 is 0 Å². The van der Waals surface area contributed by atoms with E-state index in [-0.39, 0.29) is 5.41 Å². The molecule has 1 aromatic heterocycles. The lowest BCUT2D eigenvalue weighted by atomic mass is 9.86. The first-order valence-electron chi connectivity index (χ1n) is 6.66. The molecule has 0 atom stereocenters. The summed E-state index contributed by atoms with van der Waals surface area (Å²) in [6, 6.07) is 8.47. The van der Waals surface area contributed by atoms with Gasteiger partial charge in [-0.25, -0.2) is 0 Å². The van der Waals surface area contributed by atoms with E-state index >= 15 is 0 Å². The Bertz CT molecular complexity index is 559. The molecule has 2 N–H and O–H groups in total. The fraction of sp³-hybridized carbons (Fsp3) is 0.438. The van der Waals surface area contributed by atoms with Crippen LogP contribution in [-0.2, 0) is 5.41 Å². The summed E-state index contributed by atoms with van der Waals surface area (Å²) in [6.45, 7) is 10.8. The van der Waals surface area contributed by atoms with E-state index in [1.807, 2.05) is 0 Å². The molecule has 0 aliphatic heterocycles. The molecular weight excluding hydrogens is 236 g/mol. The number of hydrogen-bond acceptors (Lipinski definition) is 3. The Morgan fingerprint density at radius 1 is 1.11 bits per heavy atom. The maximum Gasteiger partial charge on any atom is 0.230 e. The number of nitrogen functional groups attached to an aromatic ring is 1. The first kappa shape index (κ1) is 13.7. The Labute approximate surface area is 114 Å². The minimum atomic E-state index is 0.152. The van der Waals surface area contributed by atoms with Crippen LogP contribution in [0.25, 0.3) is 11.1 Å². The number of rotatable bonds is 2. The Hall–Kier alpha value is -1.77. The van der Waals surface area contributed by atoms with E-state index in [1.54, 1.807) is 0 Å². The van der Waals surface area contributed by atoms with Crippen LogP contribution in [0.5, 0.6) is 0 Å². The van der Waals surface area contributed by atoms with Crippen LogP contribution in [0.2, 0.25) is 0 Å². The van der Waals surface area contributed by atoms with Crippen LogP contribution >= 0.6 is 0 Å². The lowest BCUT2D eigenvalue weighted by Gasteiger charge is -2.19. The molecule has 19 heavy (non-hydrogen) atoms. The topological polar surface area (TPSA) is 52.0 Å². The van der Waals surface area contributed by atoms with Crippen LogP contribution in [-0.4, -0.2) is 5.16 Å². The van der Waals surface area contributed by atoms with E-state index in [2.05, 4.69) is 64.0 Å². The largest absolute Gasteiger partial charge is 0.367 e. The zero-order valence-corrected chi connectivity index (χ0v) is 12.3. The molecule has 2 rings (SSSR count). The van der Waals surface area contributed by atoms with Crippen molar-refractivity contribution < 1.29 is 4.52 Å². The highest BCUT2D eigenvalue weighted by Crippen LogP contribution is 2.34. The Balaban J connectivity index is 2.46. The molecular formula is C16H22N2O. The molecule has 0 radical (unpaired) electrons. The molecule has 102 valence electrons. The van der Waals surface area contributed by atoms with E-state index in [9.17, 15) is 0 Å². The number of nitrogens with two attached hydrogens (primary N) is 1. The molecule has 0 unspecified atom stereocenters. The highest BCUT2D eigenvalue weighted by atomic mass is 16.5.